The lowest BCUT2D eigenvalue weighted by Crippen LogP contribution is -2.53. The predicted octanol–water partition coefficient (Wildman–Crippen LogP) is 2.05. The van der Waals surface area contributed by atoms with E-state index in [4.69, 9.17) is 25.1 Å². The summed E-state index contributed by atoms with van der Waals surface area (Å²) < 4.78 is 16.2. The number of aliphatic imine (C=N–C) groups is 1. The fourth-order valence-corrected chi connectivity index (χ4v) is 2.80. The Morgan fingerprint density at radius 3 is 2.37 bits per heavy atom. The van der Waals surface area contributed by atoms with Gasteiger partial charge in [0.05, 0.1) is 20.3 Å². The zero-order valence-corrected chi connectivity index (χ0v) is 20.4. The number of guanidine groups is 1. The lowest BCUT2D eigenvalue weighted by molar-refractivity contribution is 0.0186. The van der Waals surface area contributed by atoms with E-state index < -0.39 is 5.60 Å². The van der Waals surface area contributed by atoms with Crippen molar-refractivity contribution >= 4 is 36.0 Å². The highest BCUT2D eigenvalue weighted by Crippen LogP contribution is 2.28. The third kappa shape index (κ3) is 8.05. The number of methoxy groups -OCH3 is 1. The van der Waals surface area contributed by atoms with Crippen molar-refractivity contribution in [3.63, 3.8) is 0 Å². The standard InChI is InChI=1S/C20H32N4O5.HI/c1-20(2,3)29-19(26)24-9-7-23(8-10-24)18(21)22-14-15-5-6-16(28-12-11-25)17(13-15)27-4;/h5-6,13,25H,7-12,14H2,1-4H3,(H2,21,22);1H. The maximum absolute atomic E-state index is 12.1. The van der Waals surface area contributed by atoms with Crippen molar-refractivity contribution in [2.24, 2.45) is 10.7 Å². The van der Waals surface area contributed by atoms with Crippen molar-refractivity contribution in [1.82, 2.24) is 9.80 Å². The van der Waals surface area contributed by atoms with E-state index in [1.54, 1.807) is 18.1 Å². The second kappa shape index (κ2) is 12.0. The fraction of sp³-hybridized carbons (Fsp3) is 0.600. The molecule has 0 radical (unpaired) electrons. The summed E-state index contributed by atoms with van der Waals surface area (Å²) in [5.74, 6) is 1.59. The van der Waals surface area contributed by atoms with Gasteiger partial charge in [-0.15, -0.1) is 24.0 Å². The van der Waals surface area contributed by atoms with E-state index in [1.807, 2.05) is 37.8 Å². The van der Waals surface area contributed by atoms with Gasteiger partial charge in [0.25, 0.3) is 0 Å². The molecule has 0 aromatic heterocycles. The van der Waals surface area contributed by atoms with Crippen LogP contribution in [0.15, 0.2) is 23.2 Å². The third-order valence-electron chi connectivity index (χ3n) is 4.26. The second-order valence-corrected chi connectivity index (χ2v) is 7.69. The van der Waals surface area contributed by atoms with Crippen LogP contribution in [-0.4, -0.2) is 79.1 Å². The van der Waals surface area contributed by atoms with Crippen LogP contribution in [0.5, 0.6) is 11.5 Å². The Hall–Kier alpha value is -1.95. The monoisotopic (exact) mass is 536 g/mol. The Morgan fingerprint density at radius 1 is 1.17 bits per heavy atom. The first-order chi connectivity index (χ1) is 13.7. The van der Waals surface area contributed by atoms with Crippen molar-refractivity contribution in [1.29, 1.82) is 0 Å². The van der Waals surface area contributed by atoms with Crippen LogP contribution in [0, 0.1) is 0 Å². The van der Waals surface area contributed by atoms with E-state index in [1.165, 1.54) is 0 Å². The average Bonchev–Trinajstić information content (AvgIpc) is 2.69. The summed E-state index contributed by atoms with van der Waals surface area (Å²) in [5, 5.41) is 8.88. The number of aliphatic hydroxyl groups excluding tert-OH is 1. The van der Waals surface area contributed by atoms with Crippen molar-refractivity contribution in [3.05, 3.63) is 23.8 Å². The van der Waals surface area contributed by atoms with Crippen molar-refractivity contribution in [3.8, 4) is 11.5 Å². The van der Waals surface area contributed by atoms with Gasteiger partial charge in [-0.05, 0) is 38.5 Å². The van der Waals surface area contributed by atoms with Gasteiger partial charge < -0.3 is 34.9 Å². The minimum absolute atomic E-state index is 0. The molecule has 1 amide bonds. The lowest BCUT2D eigenvalue weighted by atomic mass is 10.2. The fourth-order valence-electron chi connectivity index (χ4n) is 2.80. The Morgan fingerprint density at radius 2 is 1.80 bits per heavy atom. The molecule has 9 nitrogen and oxygen atoms in total. The van der Waals surface area contributed by atoms with Crippen LogP contribution in [0.4, 0.5) is 4.79 Å². The second-order valence-electron chi connectivity index (χ2n) is 7.69. The number of nitrogens with two attached hydrogens (primary N) is 1. The molecule has 3 N–H and O–H groups in total. The maximum Gasteiger partial charge on any atom is 0.410 e. The molecule has 1 saturated heterocycles. The van der Waals surface area contributed by atoms with E-state index >= 15 is 0 Å². The molecule has 0 atom stereocenters. The van der Waals surface area contributed by atoms with Gasteiger partial charge in [0, 0.05) is 26.2 Å². The van der Waals surface area contributed by atoms with E-state index in [2.05, 4.69) is 4.99 Å². The van der Waals surface area contributed by atoms with Gasteiger partial charge in [-0.1, -0.05) is 6.07 Å². The number of nitrogens with zero attached hydrogens (tertiary/aromatic N) is 3. The van der Waals surface area contributed by atoms with Gasteiger partial charge in [0.1, 0.15) is 12.2 Å². The Balaban J connectivity index is 0.00000450. The quantitative estimate of drug-likeness (QED) is 0.326. The number of aliphatic hydroxyl groups is 1. The van der Waals surface area contributed by atoms with Gasteiger partial charge in [0.2, 0.25) is 0 Å². The van der Waals surface area contributed by atoms with Crippen molar-refractivity contribution in [2.75, 3.05) is 46.5 Å². The van der Waals surface area contributed by atoms with Crippen LogP contribution in [0.3, 0.4) is 0 Å². The van der Waals surface area contributed by atoms with Gasteiger partial charge in [-0.3, -0.25) is 0 Å². The number of carbonyl (C=O) groups is 1. The third-order valence-corrected chi connectivity index (χ3v) is 4.26. The molecular weight excluding hydrogens is 503 g/mol. The van der Waals surface area contributed by atoms with Crippen LogP contribution in [0.25, 0.3) is 0 Å². The van der Waals surface area contributed by atoms with Crippen LogP contribution < -0.4 is 15.2 Å². The maximum atomic E-state index is 12.1. The number of amides is 1. The average molecular weight is 536 g/mol. The molecule has 1 aliphatic rings. The molecule has 1 aliphatic heterocycles. The molecule has 1 heterocycles. The van der Waals surface area contributed by atoms with E-state index in [9.17, 15) is 4.79 Å². The number of ether oxygens (including phenoxy) is 3. The number of rotatable bonds is 6. The lowest BCUT2D eigenvalue weighted by Gasteiger charge is -2.36. The summed E-state index contributed by atoms with van der Waals surface area (Å²) in [6.45, 7) is 8.38. The van der Waals surface area contributed by atoms with E-state index in [0.717, 1.165) is 5.56 Å². The van der Waals surface area contributed by atoms with Gasteiger partial charge in [0.15, 0.2) is 17.5 Å². The van der Waals surface area contributed by atoms with Crippen molar-refractivity contribution in [2.45, 2.75) is 32.9 Å². The summed E-state index contributed by atoms with van der Waals surface area (Å²) in [5.41, 5.74) is 6.56. The number of carbonyl (C=O) groups excluding carboxylic acids is 1. The van der Waals surface area contributed by atoms with Crippen LogP contribution in [0.2, 0.25) is 0 Å². The highest BCUT2D eigenvalue weighted by molar-refractivity contribution is 14.0. The van der Waals surface area contributed by atoms with Crippen LogP contribution >= 0.6 is 24.0 Å². The highest BCUT2D eigenvalue weighted by Gasteiger charge is 2.26. The van der Waals surface area contributed by atoms with E-state index in [-0.39, 0.29) is 43.3 Å². The first-order valence-electron chi connectivity index (χ1n) is 9.67. The highest BCUT2D eigenvalue weighted by atomic mass is 127. The molecule has 0 aliphatic carbocycles. The Bertz CT molecular complexity index is 716. The zero-order chi connectivity index (χ0) is 21.4. The number of piperazine rings is 1. The summed E-state index contributed by atoms with van der Waals surface area (Å²) in [4.78, 5) is 20.2. The molecule has 0 saturated carbocycles. The Kier molecular flexibility index (Phi) is 10.5. The SMILES string of the molecule is COc1cc(CN=C(N)N2CCN(C(=O)OC(C)(C)C)CC2)ccc1OCCO.I. The van der Waals surface area contributed by atoms with Gasteiger partial charge in [-0.25, -0.2) is 9.79 Å². The van der Waals surface area contributed by atoms with Crippen molar-refractivity contribution < 1.29 is 24.1 Å². The number of hydrogen-bond acceptors (Lipinski definition) is 6. The van der Waals surface area contributed by atoms with Crippen LogP contribution in [-0.2, 0) is 11.3 Å². The topological polar surface area (TPSA) is 110 Å². The van der Waals surface area contributed by atoms with Gasteiger partial charge in [-0.2, -0.15) is 0 Å². The summed E-state index contributed by atoms with van der Waals surface area (Å²) in [7, 11) is 1.56. The minimum atomic E-state index is -0.506. The molecule has 0 unspecified atom stereocenters. The summed E-state index contributed by atoms with van der Waals surface area (Å²) in [6.07, 6.45) is -0.303. The first-order valence-corrected chi connectivity index (χ1v) is 9.67. The Labute approximate surface area is 195 Å². The molecular formula is C20H33IN4O5. The zero-order valence-electron chi connectivity index (χ0n) is 18.1. The van der Waals surface area contributed by atoms with Crippen LogP contribution in [0.1, 0.15) is 26.3 Å². The largest absolute Gasteiger partial charge is 0.493 e. The first kappa shape index (κ1) is 26.1. The molecule has 1 fully saturated rings. The molecule has 30 heavy (non-hydrogen) atoms. The minimum Gasteiger partial charge on any atom is -0.493 e. The smallest absolute Gasteiger partial charge is 0.410 e. The molecule has 2 rings (SSSR count). The molecule has 10 heteroatoms. The molecule has 170 valence electrons. The normalized spacial score (nSPS) is 14.8. The predicted molar refractivity (Wildman–Crippen MR) is 126 cm³/mol. The molecule has 0 bridgehead atoms. The molecule has 1 aromatic carbocycles. The van der Waals surface area contributed by atoms with Gasteiger partial charge >= 0.3 is 6.09 Å². The number of benzene rings is 1. The number of halogens is 1. The molecule has 0 spiro atoms. The summed E-state index contributed by atoms with van der Waals surface area (Å²) >= 11 is 0. The number of hydrogen-bond donors (Lipinski definition) is 2. The summed E-state index contributed by atoms with van der Waals surface area (Å²) in [6, 6.07) is 5.51. The molecule has 1 aromatic rings. The van der Waals surface area contributed by atoms with E-state index in [0.29, 0.717) is 50.2 Å².